The highest BCUT2D eigenvalue weighted by Crippen LogP contribution is 2.08. The van der Waals surface area contributed by atoms with E-state index in [-0.39, 0.29) is 30.6 Å². The van der Waals surface area contributed by atoms with Crippen molar-refractivity contribution in [1.29, 1.82) is 0 Å². The molecule has 0 fully saturated rings. The number of thioether (sulfide) groups is 1. The van der Waals surface area contributed by atoms with Gasteiger partial charge in [0.05, 0.1) is 11.0 Å². The van der Waals surface area contributed by atoms with Gasteiger partial charge in [0.1, 0.15) is 0 Å². The van der Waals surface area contributed by atoms with Crippen molar-refractivity contribution >= 4 is 48.5 Å². The fourth-order valence-corrected chi connectivity index (χ4v) is 0.803. The van der Waals surface area contributed by atoms with E-state index in [9.17, 15) is 9.59 Å². The van der Waals surface area contributed by atoms with Gasteiger partial charge in [-0.05, 0) is 6.92 Å². The number of rotatable bonds is 4. The van der Waals surface area contributed by atoms with Gasteiger partial charge >= 0.3 is 11.9 Å². The summed E-state index contributed by atoms with van der Waals surface area (Å²) in [6.45, 7) is 1.45. The molecule has 4 nitrogen and oxygen atoms in total. The molecule has 12 heavy (non-hydrogen) atoms. The SMILES string of the molecule is CC(SCC(=O)O)C(=O)O.Cl.Cl. The molecule has 74 valence electrons. The zero-order valence-electron chi connectivity index (χ0n) is 6.22. The van der Waals surface area contributed by atoms with Gasteiger partial charge in [-0.1, -0.05) is 0 Å². The number of halogens is 2. The molecule has 0 aliphatic carbocycles. The average molecular weight is 237 g/mol. The van der Waals surface area contributed by atoms with Crippen molar-refractivity contribution in [2.24, 2.45) is 0 Å². The molecule has 7 heteroatoms. The smallest absolute Gasteiger partial charge is 0.316 e. The van der Waals surface area contributed by atoms with Crippen LogP contribution in [-0.4, -0.2) is 33.2 Å². The van der Waals surface area contributed by atoms with Gasteiger partial charge in [-0.25, -0.2) is 0 Å². The zero-order chi connectivity index (χ0) is 8.15. The van der Waals surface area contributed by atoms with E-state index in [0.717, 1.165) is 11.8 Å². The Balaban J connectivity index is -0.000000405. The third kappa shape index (κ3) is 9.87. The standard InChI is InChI=1S/C5H8O4S.2ClH/c1-3(5(8)9)10-2-4(6)7;;/h3H,2H2,1H3,(H,6,7)(H,8,9);2*1H. The van der Waals surface area contributed by atoms with E-state index >= 15 is 0 Å². The van der Waals surface area contributed by atoms with Crippen LogP contribution in [0.15, 0.2) is 0 Å². The third-order valence-electron chi connectivity index (χ3n) is 0.805. The molecule has 1 unspecified atom stereocenters. The second kappa shape index (κ2) is 8.96. The van der Waals surface area contributed by atoms with Crippen LogP contribution < -0.4 is 0 Å². The minimum atomic E-state index is -0.988. The zero-order valence-corrected chi connectivity index (χ0v) is 8.67. The Kier molecular flexibility index (Phi) is 13.3. The van der Waals surface area contributed by atoms with Crippen molar-refractivity contribution in [2.75, 3.05) is 5.75 Å². The first-order valence-corrected chi connectivity index (χ1v) is 3.65. The van der Waals surface area contributed by atoms with Gasteiger partial charge in [0.15, 0.2) is 0 Å². The van der Waals surface area contributed by atoms with Gasteiger partial charge in [-0.2, -0.15) is 0 Å². The van der Waals surface area contributed by atoms with Crippen molar-refractivity contribution in [3.05, 3.63) is 0 Å². The number of carbonyl (C=O) groups is 2. The summed E-state index contributed by atoms with van der Waals surface area (Å²) in [5, 5.41) is 15.8. The summed E-state index contributed by atoms with van der Waals surface area (Å²) in [4.78, 5) is 20.0. The molecule has 0 aromatic carbocycles. The van der Waals surface area contributed by atoms with Gasteiger partial charge in [-0.3, -0.25) is 9.59 Å². The summed E-state index contributed by atoms with van der Waals surface area (Å²) >= 11 is 0.894. The molecule has 0 aromatic rings. The number of carboxylic acid groups (broad SMARTS) is 2. The van der Waals surface area contributed by atoms with E-state index in [2.05, 4.69) is 0 Å². The van der Waals surface area contributed by atoms with E-state index in [4.69, 9.17) is 10.2 Å². The highest BCUT2D eigenvalue weighted by Gasteiger charge is 2.12. The Morgan fingerprint density at radius 1 is 1.33 bits per heavy atom. The van der Waals surface area contributed by atoms with Crippen LogP contribution in [0.1, 0.15) is 6.92 Å². The summed E-state index contributed by atoms with van der Waals surface area (Å²) in [6.07, 6.45) is 0. The molecule has 2 N–H and O–H groups in total. The van der Waals surface area contributed by atoms with Crippen molar-refractivity contribution in [3.63, 3.8) is 0 Å². The molecule has 0 aliphatic heterocycles. The van der Waals surface area contributed by atoms with E-state index in [0.29, 0.717) is 0 Å². The second-order valence-electron chi connectivity index (χ2n) is 1.69. The number of hydrogen-bond acceptors (Lipinski definition) is 3. The molecular weight excluding hydrogens is 227 g/mol. The average Bonchev–Trinajstić information content (AvgIpc) is 1.82. The predicted molar refractivity (Wildman–Crippen MR) is 51.7 cm³/mol. The highest BCUT2D eigenvalue weighted by molar-refractivity contribution is 8.01. The Bertz CT molecular complexity index is 152. The van der Waals surface area contributed by atoms with E-state index in [1.165, 1.54) is 6.92 Å². The normalized spacial score (nSPS) is 10.4. The maximum atomic E-state index is 10.1. The predicted octanol–water partition coefficient (Wildman–Crippen LogP) is 1.12. The summed E-state index contributed by atoms with van der Waals surface area (Å²) < 4.78 is 0. The lowest BCUT2D eigenvalue weighted by molar-refractivity contribution is -0.136. The van der Waals surface area contributed by atoms with Gasteiger partial charge in [0, 0.05) is 0 Å². The van der Waals surface area contributed by atoms with Gasteiger partial charge in [0.25, 0.3) is 0 Å². The van der Waals surface area contributed by atoms with Crippen LogP contribution in [0.4, 0.5) is 0 Å². The van der Waals surface area contributed by atoms with Crippen LogP contribution in [-0.2, 0) is 9.59 Å². The Morgan fingerprint density at radius 3 is 2.00 bits per heavy atom. The van der Waals surface area contributed by atoms with Gasteiger partial charge in [0.2, 0.25) is 0 Å². The van der Waals surface area contributed by atoms with Gasteiger partial charge in [-0.15, -0.1) is 36.6 Å². The first-order valence-electron chi connectivity index (χ1n) is 2.60. The molecule has 0 radical (unpaired) electrons. The lowest BCUT2D eigenvalue weighted by Crippen LogP contribution is -2.14. The minimum Gasteiger partial charge on any atom is -0.481 e. The van der Waals surface area contributed by atoms with Gasteiger partial charge < -0.3 is 10.2 Å². The molecule has 0 aromatic heterocycles. The largest absolute Gasteiger partial charge is 0.481 e. The lowest BCUT2D eigenvalue weighted by Gasteiger charge is -2.01. The maximum Gasteiger partial charge on any atom is 0.316 e. The van der Waals surface area contributed by atoms with E-state index in [1.807, 2.05) is 0 Å². The third-order valence-corrected chi connectivity index (χ3v) is 1.92. The first kappa shape index (κ1) is 17.8. The number of carboxylic acids is 2. The highest BCUT2D eigenvalue weighted by atomic mass is 35.5. The van der Waals surface area contributed by atoms with Crippen LogP contribution in [0, 0.1) is 0 Å². The molecule has 0 heterocycles. The van der Waals surface area contributed by atoms with Crippen LogP contribution in [0.25, 0.3) is 0 Å². The molecule has 0 rings (SSSR count). The summed E-state index contributed by atoms with van der Waals surface area (Å²) in [6, 6.07) is 0. The summed E-state index contributed by atoms with van der Waals surface area (Å²) in [5.74, 6) is -2.13. The molecule has 0 spiro atoms. The molecule has 1 atom stereocenters. The molecule has 0 amide bonds. The van der Waals surface area contributed by atoms with Crippen molar-refractivity contribution < 1.29 is 19.8 Å². The molecule has 0 saturated heterocycles. The monoisotopic (exact) mass is 236 g/mol. The topological polar surface area (TPSA) is 74.6 Å². The fourth-order valence-electron chi connectivity index (χ4n) is 0.268. The van der Waals surface area contributed by atoms with Crippen LogP contribution in [0.5, 0.6) is 0 Å². The molecule has 0 saturated carbocycles. The Labute approximate surface area is 86.5 Å². The van der Waals surface area contributed by atoms with Crippen molar-refractivity contribution in [2.45, 2.75) is 12.2 Å². The summed E-state index contributed by atoms with van der Waals surface area (Å²) in [7, 11) is 0. The van der Waals surface area contributed by atoms with Crippen molar-refractivity contribution in [3.8, 4) is 0 Å². The van der Waals surface area contributed by atoms with E-state index in [1.54, 1.807) is 0 Å². The fraction of sp³-hybridized carbons (Fsp3) is 0.600. The first-order chi connectivity index (χ1) is 4.54. The second-order valence-corrected chi connectivity index (χ2v) is 3.01. The molecule has 0 bridgehead atoms. The maximum absolute atomic E-state index is 10.1. The summed E-state index contributed by atoms with van der Waals surface area (Å²) in [5.41, 5.74) is 0. The number of aliphatic carboxylic acids is 2. The van der Waals surface area contributed by atoms with E-state index < -0.39 is 17.2 Å². The quantitative estimate of drug-likeness (QED) is 0.766. The molecular formula is C5H10Cl2O4S. The van der Waals surface area contributed by atoms with Crippen LogP contribution >= 0.6 is 36.6 Å². The number of hydrogen-bond donors (Lipinski definition) is 2. The Hall–Kier alpha value is -0.130. The molecule has 0 aliphatic rings. The van der Waals surface area contributed by atoms with Crippen molar-refractivity contribution in [1.82, 2.24) is 0 Å². The minimum absolute atomic E-state index is 0. The Morgan fingerprint density at radius 2 is 1.75 bits per heavy atom. The van der Waals surface area contributed by atoms with Crippen LogP contribution in [0.2, 0.25) is 0 Å². The van der Waals surface area contributed by atoms with Crippen LogP contribution in [0.3, 0.4) is 0 Å². The lowest BCUT2D eigenvalue weighted by atomic mass is 10.5.